The number of unbranched alkanes of at least 4 members (excludes halogenated alkanes) is 2. The van der Waals surface area contributed by atoms with Crippen molar-refractivity contribution in [3.63, 3.8) is 0 Å². The summed E-state index contributed by atoms with van der Waals surface area (Å²) in [6.45, 7) is 2.73. The Labute approximate surface area is 102 Å². The third-order valence-electron chi connectivity index (χ3n) is 1.90. The highest BCUT2D eigenvalue weighted by Crippen LogP contribution is 2.05. The number of rotatable bonds is 4. The molecule has 94 valence electrons. The van der Waals surface area contributed by atoms with Gasteiger partial charge in [-0.1, -0.05) is 31.5 Å². The molecular weight excluding hydrogens is 240 g/mol. The summed E-state index contributed by atoms with van der Waals surface area (Å²) in [5.41, 5.74) is 0. The standard InChI is InChI=1S/C6H6O3S.C5H11N2/c7-10(8,9)6-4-2-1-3-5-6;1-2-3-4-5-7-6/h1-5H,(H,7,8,9);2-5H2,1H3/q;+1. The van der Waals surface area contributed by atoms with Crippen molar-refractivity contribution < 1.29 is 13.0 Å². The quantitative estimate of drug-likeness (QED) is 0.510. The molecule has 0 spiro atoms. The second kappa shape index (κ2) is 8.67. The van der Waals surface area contributed by atoms with Crippen molar-refractivity contribution in [3.8, 4) is 0 Å². The van der Waals surface area contributed by atoms with Crippen LogP contribution >= 0.6 is 0 Å². The van der Waals surface area contributed by atoms with E-state index in [1.165, 1.54) is 25.0 Å². The minimum atomic E-state index is -4.00. The van der Waals surface area contributed by atoms with Gasteiger partial charge in [-0.25, -0.2) is 0 Å². The zero-order chi connectivity index (χ0) is 13.1. The van der Waals surface area contributed by atoms with Crippen LogP contribution in [0.4, 0.5) is 0 Å². The van der Waals surface area contributed by atoms with E-state index in [0.717, 1.165) is 6.42 Å². The number of benzene rings is 1. The van der Waals surface area contributed by atoms with Gasteiger partial charge in [0.05, 0.1) is 4.90 Å². The van der Waals surface area contributed by atoms with Crippen molar-refractivity contribution in [1.29, 1.82) is 5.39 Å². The van der Waals surface area contributed by atoms with Gasteiger partial charge >= 0.3 is 6.54 Å². The third-order valence-corrected chi connectivity index (χ3v) is 2.77. The molecule has 0 saturated carbocycles. The molecule has 0 amide bonds. The molecule has 0 radical (unpaired) electrons. The molecule has 17 heavy (non-hydrogen) atoms. The minimum Gasteiger partial charge on any atom is -0.282 e. The van der Waals surface area contributed by atoms with Crippen molar-refractivity contribution in [2.45, 2.75) is 31.1 Å². The van der Waals surface area contributed by atoms with Crippen LogP contribution in [0.2, 0.25) is 0 Å². The van der Waals surface area contributed by atoms with Crippen LogP contribution < -0.4 is 0 Å². The first-order chi connectivity index (χ1) is 8.02. The molecule has 0 bridgehead atoms. The molecule has 1 aromatic carbocycles. The number of hydrogen-bond donors (Lipinski definition) is 1. The molecule has 0 atom stereocenters. The van der Waals surface area contributed by atoms with Crippen LogP contribution in [0, 0.1) is 5.39 Å². The Morgan fingerprint density at radius 3 is 2.18 bits per heavy atom. The summed E-state index contributed by atoms with van der Waals surface area (Å²) in [6, 6.07) is 7.42. The predicted octanol–water partition coefficient (Wildman–Crippen LogP) is 2.96. The average molecular weight is 257 g/mol. The normalized spacial score (nSPS) is 9.94. The number of hydrogen-bond acceptors (Lipinski definition) is 3. The van der Waals surface area contributed by atoms with Gasteiger partial charge in [0.2, 0.25) is 5.39 Å². The lowest BCUT2D eigenvalue weighted by molar-refractivity contribution is 0.483. The van der Waals surface area contributed by atoms with E-state index in [-0.39, 0.29) is 4.90 Å². The highest BCUT2D eigenvalue weighted by Gasteiger charge is 2.05. The largest absolute Gasteiger partial charge is 0.305 e. The maximum atomic E-state index is 10.4. The lowest BCUT2D eigenvalue weighted by Gasteiger charge is -1.92. The Hall–Kier alpha value is -1.45. The molecule has 0 aliphatic carbocycles. The fourth-order valence-corrected chi connectivity index (χ4v) is 1.53. The highest BCUT2D eigenvalue weighted by atomic mass is 32.2. The van der Waals surface area contributed by atoms with E-state index in [1.807, 2.05) is 0 Å². The fraction of sp³-hybridized carbons (Fsp3) is 0.455. The zero-order valence-corrected chi connectivity index (χ0v) is 10.6. The highest BCUT2D eigenvalue weighted by molar-refractivity contribution is 7.85. The first-order valence-electron chi connectivity index (χ1n) is 5.35. The summed E-state index contributed by atoms with van der Waals surface area (Å²) in [7, 11) is -4.00. The molecule has 0 unspecified atom stereocenters. The molecule has 1 rings (SSSR count). The first kappa shape index (κ1) is 15.6. The Morgan fingerprint density at radius 2 is 1.82 bits per heavy atom. The summed E-state index contributed by atoms with van der Waals surface area (Å²) in [5.74, 6) is 0. The molecular formula is C11H17N2O3S+. The molecule has 0 saturated heterocycles. The van der Waals surface area contributed by atoms with Gasteiger partial charge in [-0.05, 0) is 18.6 Å². The van der Waals surface area contributed by atoms with Crippen LogP contribution in [0.25, 0.3) is 4.98 Å². The molecule has 5 nitrogen and oxygen atoms in total. The predicted molar refractivity (Wildman–Crippen MR) is 65.7 cm³/mol. The topological polar surface area (TPSA) is 82.5 Å². The molecule has 1 N–H and O–H groups in total. The SMILES string of the molecule is CCCCC[N+]#N.O=S(=O)(O)c1ccccc1. The molecule has 0 aliphatic heterocycles. The summed E-state index contributed by atoms with van der Waals surface area (Å²) in [5, 5.41) is 7.92. The van der Waals surface area contributed by atoms with Crippen LogP contribution in [-0.2, 0) is 10.1 Å². The van der Waals surface area contributed by atoms with Crippen molar-refractivity contribution in [2.75, 3.05) is 6.54 Å². The van der Waals surface area contributed by atoms with Gasteiger partial charge in [-0.15, -0.1) is 0 Å². The lowest BCUT2D eigenvalue weighted by Crippen LogP contribution is -1.96. The summed E-state index contributed by atoms with van der Waals surface area (Å²) < 4.78 is 29.2. The Bertz CT molecular complexity index is 438. The van der Waals surface area contributed by atoms with Crippen molar-refractivity contribution >= 4 is 10.1 Å². The second-order valence-electron chi connectivity index (χ2n) is 3.36. The maximum absolute atomic E-state index is 10.4. The van der Waals surface area contributed by atoms with Gasteiger partial charge in [0.15, 0.2) is 0 Å². The molecule has 0 aliphatic rings. The van der Waals surface area contributed by atoms with Gasteiger partial charge in [0.1, 0.15) is 4.98 Å². The van der Waals surface area contributed by atoms with E-state index < -0.39 is 10.1 Å². The second-order valence-corrected chi connectivity index (χ2v) is 4.78. The van der Waals surface area contributed by atoms with Gasteiger partial charge < -0.3 is 0 Å². The van der Waals surface area contributed by atoms with Gasteiger partial charge in [0, 0.05) is 6.42 Å². The van der Waals surface area contributed by atoms with Crippen LogP contribution in [0.1, 0.15) is 26.2 Å². The van der Waals surface area contributed by atoms with Gasteiger partial charge in [-0.2, -0.15) is 8.42 Å². The Kier molecular flexibility index (Phi) is 7.93. The van der Waals surface area contributed by atoms with Gasteiger partial charge in [-0.3, -0.25) is 4.55 Å². The Balaban J connectivity index is 0.000000325. The first-order valence-corrected chi connectivity index (χ1v) is 6.79. The summed E-state index contributed by atoms with van der Waals surface area (Å²) in [4.78, 5) is 2.90. The average Bonchev–Trinajstić information content (AvgIpc) is 2.31. The van der Waals surface area contributed by atoms with Gasteiger partial charge in [0.25, 0.3) is 10.1 Å². The van der Waals surface area contributed by atoms with E-state index in [1.54, 1.807) is 18.2 Å². The van der Waals surface area contributed by atoms with E-state index >= 15 is 0 Å². The molecule has 0 heterocycles. The fourth-order valence-electron chi connectivity index (χ4n) is 1.02. The molecule has 0 fully saturated rings. The number of diazo groups is 1. The van der Waals surface area contributed by atoms with E-state index in [4.69, 9.17) is 9.95 Å². The van der Waals surface area contributed by atoms with Crippen molar-refractivity contribution in [1.82, 2.24) is 0 Å². The van der Waals surface area contributed by atoms with E-state index in [2.05, 4.69) is 11.9 Å². The molecule has 1 aromatic rings. The van der Waals surface area contributed by atoms with Crippen molar-refractivity contribution in [3.05, 3.63) is 35.3 Å². The minimum absolute atomic E-state index is 0.0741. The smallest absolute Gasteiger partial charge is 0.282 e. The lowest BCUT2D eigenvalue weighted by atomic mass is 10.3. The Morgan fingerprint density at radius 1 is 1.24 bits per heavy atom. The van der Waals surface area contributed by atoms with Crippen molar-refractivity contribution in [2.24, 2.45) is 0 Å². The molecule has 6 heteroatoms. The van der Waals surface area contributed by atoms with Crippen LogP contribution in [0.3, 0.4) is 0 Å². The third kappa shape index (κ3) is 8.37. The summed E-state index contributed by atoms with van der Waals surface area (Å²) in [6.07, 6.45) is 3.38. The zero-order valence-electron chi connectivity index (χ0n) is 9.78. The van der Waals surface area contributed by atoms with E-state index in [0.29, 0.717) is 6.54 Å². The van der Waals surface area contributed by atoms with Crippen LogP contribution in [0.15, 0.2) is 35.2 Å². The number of nitrogens with zero attached hydrogens (tertiary/aromatic N) is 2. The van der Waals surface area contributed by atoms with E-state index in [9.17, 15) is 8.42 Å². The maximum Gasteiger partial charge on any atom is 0.305 e. The van der Waals surface area contributed by atoms with Crippen LogP contribution in [-0.4, -0.2) is 19.5 Å². The monoisotopic (exact) mass is 257 g/mol. The summed E-state index contributed by atoms with van der Waals surface area (Å²) >= 11 is 0. The van der Waals surface area contributed by atoms with Crippen LogP contribution in [0.5, 0.6) is 0 Å². The molecule has 0 aromatic heterocycles.